The molecule has 7 heteroatoms. The van der Waals surface area contributed by atoms with E-state index in [-0.39, 0.29) is 24.8 Å². The highest BCUT2D eigenvalue weighted by atomic mass is 32.2. The Morgan fingerprint density at radius 2 is 1.71 bits per heavy atom. The van der Waals surface area contributed by atoms with Crippen LogP contribution in [-0.2, 0) is 15.0 Å². The first-order valence-corrected chi connectivity index (χ1v) is 7.17. The molecule has 0 aliphatic carbocycles. The van der Waals surface area contributed by atoms with Crippen LogP contribution in [0.15, 0.2) is 0 Å². The number of carboxylic acid groups (broad SMARTS) is 1. The van der Waals surface area contributed by atoms with Gasteiger partial charge in [0.25, 0.3) is 10.2 Å². The molecule has 6 nitrogen and oxygen atoms in total. The van der Waals surface area contributed by atoms with Crippen LogP contribution in [0.5, 0.6) is 0 Å². The Kier molecular flexibility index (Phi) is 7.33. The highest BCUT2D eigenvalue weighted by Gasteiger charge is 2.12. The summed E-state index contributed by atoms with van der Waals surface area (Å²) in [5.74, 6) is -0.615. The van der Waals surface area contributed by atoms with Gasteiger partial charge < -0.3 is 5.11 Å². The molecule has 0 spiro atoms. The van der Waals surface area contributed by atoms with Crippen LogP contribution >= 0.6 is 0 Å². The third-order valence-corrected chi connectivity index (χ3v) is 3.25. The molecule has 0 aromatic heterocycles. The minimum Gasteiger partial charge on any atom is -0.481 e. The van der Waals surface area contributed by atoms with Crippen LogP contribution < -0.4 is 9.44 Å². The van der Waals surface area contributed by atoms with E-state index >= 15 is 0 Å². The van der Waals surface area contributed by atoms with E-state index in [1.54, 1.807) is 0 Å². The topological polar surface area (TPSA) is 95.5 Å². The Morgan fingerprint density at radius 1 is 1.18 bits per heavy atom. The lowest BCUT2D eigenvalue weighted by atomic mass is 10.1. The van der Waals surface area contributed by atoms with E-state index in [1.807, 2.05) is 20.8 Å². The number of nitrogens with one attached hydrogen (secondary N) is 2. The zero-order chi connectivity index (χ0) is 13.5. The van der Waals surface area contributed by atoms with Crippen LogP contribution in [0, 0.1) is 11.8 Å². The number of hydrogen-bond donors (Lipinski definition) is 3. The molecule has 0 aromatic rings. The molecule has 0 aliphatic rings. The Labute approximate surface area is 103 Å². The van der Waals surface area contributed by atoms with E-state index in [4.69, 9.17) is 5.11 Å². The fraction of sp³-hybridized carbons (Fsp3) is 0.900. The van der Waals surface area contributed by atoms with Gasteiger partial charge in [-0.2, -0.15) is 8.42 Å². The summed E-state index contributed by atoms with van der Waals surface area (Å²) in [4.78, 5) is 10.3. The summed E-state index contributed by atoms with van der Waals surface area (Å²) < 4.78 is 27.7. The summed E-state index contributed by atoms with van der Waals surface area (Å²) in [5, 5.41) is 8.48. The van der Waals surface area contributed by atoms with Gasteiger partial charge in [-0.1, -0.05) is 20.8 Å². The predicted octanol–water partition coefficient (Wildman–Crippen LogP) is 0.567. The van der Waals surface area contributed by atoms with Gasteiger partial charge in [0.15, 0.2) is 0 Å². The van der Waals surface area contributed by atoms with Crippen molar-refractivity contribution in [2.24, 2.45) is 11.8 Å². The molecule has 1 atom stereocenters. The summed E-state index contributed by atoms with van der Waals surface area (Å²) in [6.45, 7) is 6.28. The summed E-state index contributed by atoms with van der Waals surface area (Å²) in [6.07, 6.45) is 0.518. The molecule has 0 bridgehead atoms. The van der Waals surface area contributed by atoms with Crippen molar-refractivity contribution in [3.05, 3.63) is 0 Å². The van der Waals surface area contributed by atoms with Crippen molar-refractivity contribution in [1.29, 1.82) is 0 Å². The lowest BCUT2D eigenvalue weighted by Gasteiger charge is -2.13. The Morgan fingerprint density at radius 3 is 2.18 bits per heavy atom. The molecule has 0 aromatic carbocycles. The van der Waals surface area contributed by atoms with Gasteiger partial charge in [0, 0.05) is 19.5 Å². The monoisotopic (exact) mass is 266 g/mol. The van der Waals surface area contributed by atoms with E-state index in [1.165, 1.54) is 0 Å². The summed E-state index contributed by atoms with van der Waals surface area (Å²) in [6, 6.07) is 0. The SMILES string of the molecule is CC(C)CNS(=O)(=O)NCC(C)CCC(=O)O. The van der Waals surface area contributed by atoms with Crippen molar-refractivity contribution >= 4 is 16.2 Å². The number of carbonyl (C=O) groups is 1. The number of rotatable bonds is 9. The fourth-order valence-corrected chi connectivity index (χ4v) is 2.21. The van der Waals surface area contributed by atoms with E-state index in [0.29, 0.717) is 13.0 Å². The molecule has 0 heterocycles. The van der Waals surface area contributed by atoms with Crippen LogP contribution in [0.2, 0.25) is 0 Å². The highest BCUT2D eigenvalue weighted by molar-refractivity contribution is 7.87. The second-order valence-corrected chi connectivity index (χ2v) is 6.22. The molecular formula is C10H22N2O4S. The van der Waals surface area contributed by atoms with E-state index < -0.39 is 16.2 Å². The predicted molar refractivity (Wildman–Crippen MR) is 65.8 cm³/mol. The van der Waals surface area contributed by atoms with Gasteiger partial charge in [0.1, 0.15) is 0 Å². The third-order valence-electron chi connectivity index (χ3n) is 2.15. The average Bonchev–Trinajstić information content (AvgIpc) is 2.21. The van der Waals surface area contributed by atoms with Gasteiger partial charge in [-0.05, 0) is 18.3 Å². The molecule has 0 saturated heterocycles. The highest BCUT2D eigenvalue weighted by Crippen LogP contribution is 2.04. The van der Waals surface area contributed by atoms with Crippen LogP contribution in [0.3, 0.4) is 0 Å². The van der Waals surface area contributed by atoms with Crippen molar-refractivity contribution in [1.82, 2.24) is 9.44 Å². The lowest BCUT2D eigenvalue weighted by molar-refractivity contribution is -0.137. The van der Waals surface area contributed by atoms with E-state index in [2.05, 4.69) is 9.44 Å². The van der Waals surface area contributed by atoms with Gasteiger partial charge in [0.05, 0.1) is 0 Å². The van der Waals surface area contributed by atoms with Crippen molar-refractivity contribution < 1.29 is 18.3 Å². The minimum absolute atomic E-state index is 0.00160. The second kappa shape index (κ2) is 7.62. The van der Waals surface area contributed by atoms with Crippen LogP contribution in [-0.4, -0.2) is 32.6 Å². The zero-order valence-corrected chi connectivity index (χ0v) is 11.4. The molecular weight excluding hydrogens is 244 g/mol. The number of carboxylic acids is 1. The Hall–Kier alpha value is -0.660. The summed E-state index contributed by atoms with van der Waals surface area (Å²) >= 11 is 0. The van der Waals surface area contributed by atoms with E-state index in [9.17, 15) is 13.2 Å². The molecule has 0 radical (unpaired) electrons. The first-order chi connectivity index (χ1) is 7.73. The smallest absolute Gasteiger partial charge is 0.303 e. The standard InChI is InChI=1S/C10H22N2O4S/c1-8(2)6-11-17(15,16)12-7-9(3)4-5-10(13)14/h8-9,11-12H,4-7H2,1-3H3,(H,13,14). The zero-order valence-electron chi connectivity index (χ0n) is 10.6. The molecule has 3 N–H and O–H groups in total. The minimum atomic E-state index is -3.46. The average molecular weight is 266 g/mol. The first kappa shape index (κ1) is 16.3. The molecule has 1 unspecified atom stereocenters. The van der Waals surface area contributed by atoms with Gasteiger partial charge in [0.2, 0.25) is 0 Å². The van der Waals surface area contributed by atoms with Crippen molar-refractivity contribution in [3.63, 3.8) is 0 Å². The molecule has 0 aliphatic heterocycles. The maximum atomic E-state index is 11.4. The van der Waals surface area contributed by atoms with Crippen molar-refractivity contribution in [3.8, 4) is 0 Å². The van der Waals surface area contributed by atoms with E-state index in [0.717, 1.165) is 0 Å². The van der Waals surface area contributed by atoms with Crippen molar-refractivity contribution in [2.75, 3.05) is 13.1 Å². The first-order valence-electron chi connectivity index (χ1n) is 5.69. The van der Waals surface area contributed by atoms with Crippen LogP contribution in [0.1, 0.15) is 33.6 Å². The maximum absolute atomic E-state index is 11.4. The molecule has 0 rings (SSSR count). The largest absolute Gasteiger partial charge is 0.481 e. The van der Waals surface area contributed by atoms with Gasteiger partial charge in [-0.15, -0.1) is 0 Å². The second-order valence-electron chi connectivity index (χ2n) is 4.63. The summed E-state index contributed by atoms with van der Waals surface area (Å²) in [7, 11) is -3.46. The van der Waals surface area contributed by atoms with Crippen molar-refractivity contribution in [2.45, 2.75) is 33.6 Å². The van der Waals surface area contributed by atoms with Crippen LogP contribution in [0.4, 0.5) is 0 Å². The molecule has 0 amide bonds. The molecule has 0 saturated carbocycles. The Bertz CT molecular complexity index is 327. The number of hydrogen-bond acceptors (Lipinski definition) is 3. The quantitative estimate of drug-likeness (QED) is 0.568. The lowest BCUT2D eigenvalue weighted by Crippen LogP contribution is -2.40. The maximum Gasteiger partial charge on any atom is 0.303 e. The third kappa shape index (κ3) is 10.2. The van der Waals surface area contributed by atoms with Crippen LogP contribution in [0.25, 0.3) is 0 Å². The normalized spacial score (nSPS) is 13.9. The molecule has 0 fully saturated rings. The van der Waals surface area contributed by atoms with Gasteiger partial charge in [-0.3, -0.25) is 4.79 Å². The molecule has 17 heavy (non-hydrogen) atoms. The number of aliphatic carboxylic acids is 1. The van der Waals surface area contributed by atoms with Gasteiger partial charge >= 0.3 is 5.97 Å². The summed E-state index contributed by atoms with van der Waals surface area (Å²) in [5.41, 5.74) is 0. The van der Waals surface area contributed by atoms with Gasteiger partial charge in [-0.25, -0.2) is 9.44 Å². The Balaban J connectivity index is 3.88. The fourth-order valence-electron chi connectivity index (χ4n) is 1.05. The molecule has 102 valence electrons.